The van der Waals surface area contributed by atoms with Crippen LogP contribution in [0.5, 0.6) is 0 Å². The van der Waals surface area contributed by atoms with Crippen LogP contribution >= 0.6 is 11.8 Å². The smallest absolute Gasteiger partial charge is 0.230 e. The predicted molar refractivity (Wildman–Crippen MR) is 126 cm³/mol. The zero-order valence-electron chi connectivity index (χ0n) is 18.5. The maximum atomic E-state index is 12.4. The molecule has 1 aromatic heterocycles. The van der Waals surface area contributed by atoms with Crippen molar-refractivity contribution in [3.05, 3.63) is 65.7 Å². The second kappa shape index (κ2) is 10.8. The fourth-order valence-electron chi connectivity index (χ4n) is 3.77. The number of hydrogen-bond donors (Lipinski definition) is 1. The maximum absolute atomic E-state index is 12.4. The number of thioether (sulfide) groups is 1. The van der Waals surface area contributed by atoms with Crippen LogP contribution in [0.4, 0.5) is 0 Å². The summed E-state index contributed by atoms with van der Waals surface area (Å²) in [6.07, 6.45) is 0.00385. The first-order chi connectivity index (χ1) is 15.6. The SMILES string of the molecule is Cc1cccc(-c2nnc(SCC(=O)NC[C@@H]3CN(Cc4ccccc4)CCO3)n2C)c1. The van der Waals surface area contributed by atoms with Crippen molar-refractivity contribution in [1.29, 1.82) is 0 Å². The summed E-state index contributed by atoms with van der Waals surface area (Å²) in [6.45, 7) is 5.87. The lowest BCUT2D eigenvalue weighted by Gasteiger charge is -2.33. The van der Waals surface area contributed by atoms with Crippen molar-refractivity contribution in [2.24, 2.45) is 7.05 Å². The van der Waals surface area contributed by atoms with Crippen LogP contribution in [0.3, 0.4) is 0 Å². The lowest BCUT2D eigenvalue weighted by molar-refractivity contribution is -0.119. The Hall–Kier alpha value is -2.68. The van der Waals surface area contributed by atoms with Crippen molar-refractivity contribution < 1.29 is 9.53 Å². The number of hydrogen-bond acceptors (Lipinski definition) is 6. The van der Waals surface area contributed by atoms with Crippen molar-refractivity contribution in [3.63, 3.8) is 0 Å². The van der Waals surface area contributed by atoms with Crippen LogP contribution in [0.1, 0.15) is 11.1 Å². The monoisotopic (exact) mass is 451 g/mol. The first kappa shape index (κ1) is 22.5. The molecule has 1 aliphatic rings. The minimum absolute atomic E-state index is 0.00385. The Labute approximate surface area is 193 Å². The minimum Gasteiger partial charge on any atom is -0.374 e. The molecule has 0 radical (unpaired) electrons. The van der Waals surface area contributed by atoms with E-state index in [0.717, 1.165) is 36.2 Å². The van der Waals surface area contributed by atoms with Gasteiger partial charge in [-0.1, -0.05) is 65.9 Å². The number of carbonyl (C=O) groups excluding carboxylic acids is 1. The van der Waals surface area contributed by atoms with Crippen molar-refractivity contribution in [3.8, 4) is 11.4 Å². The van der Waals surface area contributed by atoms with Crippen molar-refractivity contribution in [2.75, 3.05) is 32.0 Å². The van der Waals surface area contributed by atoms with Crippen molar-refractivity contribution in [1.82, 2.24) is 25.0 Å². The molecular weight excluding hydrogens is 422 g/mol. The molecule has 0 aliphatic carbocycles. The fourth-order valence-corrected chi connectivity index (χ4v) is 4.52. The van der Waals surface area contributed by atoms with Crippen molar-refractivity contribution >= 4 is 17.7 Å². The van der Waals surface area contributed by atoms with E-state index in [-0.39, 0.29) is 12.0 Å². The van der Waals surface area contributed by atoms with E-state index in [1.807, 2.05) is 29.8 Å². The van der Waals surface area contributed by atoms with Gasteiger partial charge in [0.2, 0.25) is 5.91 Å². The fraction of sp³-hybridized carbons (Fsp3) is 0.375. The van der Waals surface area contributed by atoms with Crippen LogP contribution in [-0.4, -0.2) is 63.7 Å². The number of nitrogens with one attached hydrogen (secondary N) is 1. The molecule has 7 nitrogen and oxygen atoms in total. The quantitative estimate of drug-likeness (QED) is 0.531. The lowest BCUT2D eigenvalue weighted by atomic mass is 10.1. The number of carbonyl (C=O) groups is 1. The largest absolute Gasteiger partial charge is 0.374 e. The zero-order valence-corrected chi connectivity index (χ0v) is 19.3. The highest BCUT2D eigenvalue weighted by Crippen LogP contribution is 2.23. The highest BCUT2D eigenvalue weighted by molar-refractivity contribution is 7.99. The second-order valence-electron chi connectivity index (χ2n) is 8.04. The summed E-state index contributed by atoms with van der Waals surface area (Å²) in [5.41, 5.74) is 3.49. The molecule has 3 aromatic rings. The Balaban J connectivity index is 1.23. The highest BCUT2D eigenvalue weighted by atomic mass is 32.2. The van der Waals surface area contributed by atoms with E-state index < -0.39 is 0 Å². The van der Waals surface area contributed by atoms with E-state index in [4.69, 9.17) is 4.74 Å². The first-order valence-electron chi connectivity index (χ1n) is 10.8. The summed E-state index contributed by atoms with van der Waals surface area (Å²) >= 11 is 1.39. The number of ether oxygens (including phenoxy) is 1. The van der Waals surface area contributed by atoms with Crippen LogP contribution < -0.4 is 5.32 Å². The van der Waals surface area contributed by atoms with Gasteiger partial charge in [0.1, 0.15) is 0 Å². The predicted octanol–water partition coefficient (Wildman–Crippen LogP) is 2.90. The molecule has 0 unspecified atom stereocenters. The highest BCUT2D eigenvalue weighted by Gasteiger charge is 2.21. The average Bonchev–Trinajstić information content (AvgIpc) is 3.17. The van der Waals surface area contributed by atoms with Gasteiger partial charge in [0.25, 0.3) is 0 Å². The maximum Gasteiger partial charge on any atom is 0.230 e. The number of aromatic nitrogens is 3. The van der Waals surface area contributed by atoms with Crippen molar-refractivity contribution in [2.45, 2.75) is 24.7 Å². The molecule has 0 spiro atoms. The molecule has 1 aliphatic heterocycles. The van der Waals surface area contributed by atoms with Crippen LogP contribution in [-0.2, 0) is 23.1 Å². The number of nitrogens with zero attached hydrogens (tertiary/aromatic N) is 4. The second-order valence-corrected chi connectivity index (χ2v) is 8.98. The van der Waals surface area contributed by atoms with E-state index in [9.17, 15) is 4.79 Å². The van der Waals surface area contributed by atoms with Crippen LogP contribution in [0.25, 0.3) is 11.4 Å². The summed E-state index contributed by atoms with van der Waals surface area (Å²) in [5, 5.41) is 12.3. The first-order valence-corrected chi connectivity index (χ1v) is 11.8. The lowest BCUT2D eigenvalue weighted by Crippen LogP contribution is -2.47. The van der Waals surface area contributed by atoms with E-state index in [0.29, 0.717) is 18.9 Å². The molecule has 0 saturated carbocycles. The van der Waals surface area contributed by atoms with Gasteiger partial charge in [0.05, 0.1) is 18.5 Å². The van der Waals surface area contributed by atoms with Gasteiger partial charge in [-0.05, 0) is 18.6 Å². The van der Waals surface area contributed by atoms with Crippen LogP contribution in [0, 0.1) is 6.92 Å². The summed E-state index contributed by atoms with van der Waals surface area (Å²) in [7, 11) is 1.93. The van der Waals surface area contributed by atoms with E-state index in [1.54, 1.807) is 0 Å². The Kier molecular flexibility index (Phi) is 7.57. The summed E-state index contributed by atoms with van der Waals surface area (Å²) in [4.78, 5) is 14.8. The Morgan fingerprint density at radius 2 is 2.03 bits per heavy atom. The van der Waals surface area contributed by atoms with Gasteiger partial charge in [0.15, 0.2) is 11.0 Å². The third-order valence-corrected chi connectivity index (χ3v) is 6.46. The normalized spacial score (nSPS) is 16.8. The summed E-state index contributed by atoms with van der Waals surface area (Å²) in [6, 6.07) is 18.6. The van der Waals surface area contributed by atoms with Gasteiger partial charge in [0, 0.05) is 38.8 Å². The molecule has 0 bridgehead atoms. The van der Waals surface area contributed by atoms with E-state index in [1.165, 1.54) is 22.9 Å². The third-order valence-electron chi connectivity index (χ3n) is 5.44. The average molecular weight is 452 g/mol. The summed E-state index contributed by atoms with van der Waals surface area (Å²) < 4.78 is 7.78. The molecule has 1 atom stereocenters. The molecule has 8 heteroatoms. The molecule has 32 heavy (non-hydrogen) atoms. The van der Waals surface area contributed by atoms with E-state index >= 15 is 0 Å². The standard InChI is InChI=1S/C24H29N5O2S/c1-18-7-6-10-20(13-18)23-26-27-24(28(23)2)32-17-22(30)25-14-21-16-29(11-12-31-21)15-19-8-4-3-5-9-19/h3-10,13,21H,11-12,14-17H2,1-2H3,(H,25,30)/t21-/m1/s1. The number of aryl methyl sites for hydroxylation is 1. The van der Waals surface area contributed by atoms with Crippen LogP contribution in [0.2, 0.25) is 0 Å². The number of amides is 1. The van der Waals surface area contributed by atoms with Gasteiger partial charge >= 0.3 is 0 Å². The third kappa shape index (κ3) is 5.97. The van der Waals surface area contributed by atoms with Gasteiger partial charge in [-0.15, -0.1) is 10.2 Å². The Bertz CT molecular complexity index is 1040. The van der Waals surface area contributed by atoms with Gasteiger partial charge in [-0.3, -0.25) is 9.69 Å². The zero-order chi connectivity index (χ0) is 22.3. The molecule has 1 amide bonds. The number of benzene rings is 2. The van der Waals surface area contributed by atoms with Gasteiger partial charge < -0.3 is 14.6 Å². The van der Waals surface area contributed by atoms with Gasteiger partial charge in [-0.2, -0.15) is 0 Å². The molecule has 4 rings (SSSR count). The number of rotatable bonds is 8. The summed E-state index contributed by atoms with van der Waals surface area (Å²) in [5.74, 6) is 1.06. The van der Waals surface area contributed by atoms with E-state index in [2.05, 4.69) is 63.7 Å². The topological polar surface area (TPSA) is 72.3 Å². The Morgan fingerprint density at radius 1 is 1.19 bits per heavy atom. The van der Waals surface area contributed by atoms with Gasteiger partial charge in [-0.25, -0.2) is 0 Å². The molecule has 2 aromatic carbocycles. The molecular formula is C24H29N5O2S. The molecule has 1 fully saturated rings. The molecule has 1 N–H and O–H groups in total. The molecule has 1 saturated heterocycles. The van der Waals surface area contributed by atoms with Crippen LogP contribution in [0.15, 0.2) is 59.8 Å². The minimum atomic E-state index is -0.0288. The Morgan fingerprint density at radius 3 is 2.84 bits per heavy atom. The molecule has 2 heterocycles. The molecule has 168 valence electrons. The number of morpholine rings is 1.